The minimum Gasteiger partial charge on any atom is -0.384 e. The number of aromatic nitrogens is 1. The maximum Gasteiger partial charge on any atom is 0.251 e. The van der Waals surface area contributed by atoms with Gasteiger partial charge in [-0.15, -0.1) is 0 Å². The number of hydrogen-bond donors (Lipinski definition) is 2. The van der Waals surface area contributed by atoms with Crippen LogP contribution in [0.25, 0.3) is 0 Å². The van der Waals surface area contributed by atoms with E-state index in [0.29, 0.717) is 11.4 Å². The van der Waals surface area contributed by atoms with Gasteiger partial charge in [-0.2, -0.15) is 0 Å². The van der Waals surface area contributed by atoms with Gasteiger partial charge in [0.2, 0.25) is 0 Å². The Bertz CT molecular complexity index is 409. The third-order valence-corrected chi connectivity index (χ3v) is 3.23. The number of aryl methyl sites for hydroxylation is 1. The van der Waals surface area contributed by atoms with Crippen molar-refractivity contribution in [2.24, 2.45) is 5.92 Å². The molecule has 112 valence electrons. The number of rotatable bonds is 8. The van der Waals surface area contributed by atoms with Crippen LogP contribution in [0.2, 0.25) is 0 Å². The monoisotopic (exact) mass is 277 g/mol. The summed E-state index contributed by atoms with van der Waals surface area (Å²) in [5, 5.41) is 2.93. The number of nitrogens with one attached hydrogen (secondary N) is 1. The van der Waals surface area contributed by atoms with Crippen LogP contribution >= 0.6 is 0 Å². The van der Waals surface area contributed by atoms with Crippen molar-refractivity contribution in [1.29, 1.82) is 0 Å². The number of nitrogen functional groups attached to an aromatic ring is 1. The number of anilines is 1. The van der Waals surface area contributed by atoms with E-state index < -0.39 is 0 Å². The van der Waals surface area contributed by atoms with Gasteiger partial charge in [0.15, 0.2) is 0 Å². The fourth-order valence-corrected chi connectivity index (χ4v) is 2.16. The summed E-state index contributed by atoms with van der Waals surface area (Å²) in [4.78, 5) is 16.0. The minimum absolute atomic E-state index is 0.0654. The normalized spacial score (nSPS) is 10.8. The molecule has 0 saturated carbocycles. The van der Waals surface area contributed by atoms with Crippen molar-refractivity contribution in [3.63, 3.8) is 0 Å². The molecular formula is C16H27N3O. The molecule has 1 heterocycles. The second kappa shape index (κ2) is 8.56. The van der Waals surface area contributed by atoms with E-state index in [-0.39, 0.29) is 5.91 Å². The smallest absolute Gasteiger partial charge is 0.251 e. The van der Waals surface area contributed by atoms with Gasteiger partial charge in [0.1, 0.15) is 5.82 Å². The predicted molar refractivity (Wildman–Crippen MR) is 83.6 cm³/mol. The van der Waals surface area contributed by atoms with Crippen molar-refractivity contribution in [2.75, 3.05) is 12.3 Å². The number of nitrogens with two attached hydrogens (primary N) is 1. The van der Waals surface area contributed by atoms with Crippen LogP contribution in [-0.4, -0.2) is 17.4 Å². The van der Waals surface area contributed by atoms with Crippen LogP contribution in [0.4, 0.5) is 5.82 Å². The molecule has 0 aliphatic heterocycles. The first-order valence-corrected chi connectivity index (χ1v) is 7.51. The minimum atomic E-state index is -0.0654. The highest BCUT2D eigenvalue weighted by Gasteiger charge is 2.06. The zero-order chi connectivity index (χ0) is 15.0. The standard InChI is InChI=1S/C16H27N3O/c1-12(2)8-6-4-5-7-9-18-16(20)14-10-13(3)19-15(17)11-14/h10-12H,4-9H2,1-3H3,(H2,17,19)(H,18,20). The average molecular weight is 277 g/mol. The van der Waals surface area contributed by atoms with Gasteiger partial charge in [0.25, 0.3) is 5.91 Å². The molecular weight excluding hydrogens is 250 g/mol. The Balaban J connectivity index is 2.20. The third kappa shape index (κ3) is 6.55. The Morgan fingerprint density at radius 3 is 2.60 bits per heavy atom. The van der Waals surface area contributed by atoms with Crippen LogP contribution in [0.1, 0.15) is 62.0 Å². The van der Waals surface area contributed by atoms with Gasteiger partial charge in [-0.05, 0) is 31.4 Å². The Morgan fingerprint density at radius 2 is 1.95 bits per heavy atom. The summed E-state index contributed by atoms with van der Waals surface area (Å²) in [6, 6.07) is 3.37. The molecule has 1 amide bonds. The van der Waals surface area contributed by atoms with Gasteiger partial charge in [-0.1, -0.05) is 39.5 Å². The van der Waals surface area contributed by atoms with Gasteiger partial charge in [0, 0.05) is 17.8 Å². The van der Waals surface area contributed by atoms with Gasteiger partial charge in [-0.25, -0.2) is 4.98 Å². The van der Waals surface area contributed by atoms with Gasteiger partial charge in [-0.3, -0.25) is 4.79 Å². The molecule has 0 spiro atoms. The summed E-state index contributed by atoms with van der Waals surface area (Å²) in [6.07, 6.45) is 6.02. The van der Waals surface area contributed by atoms with Crippen molar-refractivity contribution >= 4 is 11.7 Å². The summed E-state index contributed by atoms with van der Waals surface area (Å²) in [5.41, 5.74) is 7.00. The molecule has 0 unspecified atom stereocenters. The first kappa shape index (κ1) is 16.5. The molecule has 0 radical (unpaired) electrons. The summed E-state index contributed by atoms with van der Waals surface area (Å²) in [7, 11) is 0. The first-order valence-electron chi connectivity index (χ1n) is 7.51. The van der Waals surface area contributed by atoms with E-state index in [9.17, 15) is 4.79 Å². The SMILES string of the molecule is Cc1cc(C(=O)NCCCCCCC(C)C)cc(N)n1. The quantitative estimate of drug-likeness (QED) is 0.716. The number of carbonyl (C=O) groups is 1. The van der Waals surface area contributed by atoms with Crippen LogP contribution in [0.3, 0.4) is 0 Å². The highest BCUT2D eigenvalue weighted by atomic mass is 16.1. The van der Waals surface area contributed by atoms with Crippen LogP contribution < -0.4 is 11.1 Å². The molecule has 20 heavy (non-hydrogen) atoms. The molecule has 0 saturated heterocycles. The largest absolute Gasteiger partial charge is 0.384 e. The predicted octanol–water partition coefficient (Wildman–Crippen LogP) is 3.31. The summed E-state index contributed by atoms with van der Waals surface area (Å²) in [6.45, 7) is 7.06. The molecule has 1 aromatic heterocycles. The fraction of sp³-hybridized carbons (Fsp3) is 0.625. The van der Waals surface area contributed by atoms with Gasteiger partial charge < -0.3 is 11.1 Å². The van der Waals surface area contributed by atoms with Crippen molar-refractivity contribution in [3.05, 3.63) is 23.4 Å². The lowest BCUT2D eigenvalue weighted by atomic mass is 10.0. The fourth-order valence-electron chi connectivity index (χ4n) is 2.16. The lowest BCUT2D eigenvalue weighted by molar-refractivity contribution is 0.0952. The summed E-state index contributed by atoms with van der Waals surface area (Å²) < 4.78 is 0. The highest BCUT2D eigenvalue weighted by Crippen LogP contribution is 2.09. The Hall–Kier alpha value is -1.58. The van der Waals surface area contributed by atoms with E-state index in [0.717, 1.165) is 24.6 Å². The molecule has 0 bridgehead atoms. The van der Waals surface area contributed by atoms with E-state index in [4.69, 9.17) is 5.73 Å². The van der Waals surface area contributed by atoms with Crippen LogP contribution in [0.5, 0.6) is 0 Å². The molecule has 0 aliphatic carbocycles. The summed E-state index contributed by atoms with van der Waals surface area (Å²) in [5.74, 6) is 1.11. The number of amides is 1. The Morgan fingerprint density at radius 1 is 1.25 bits per heavy atom. The summed E-state index contributed by atoms with van der Waals surface area (Å²) >= 11 is 0. The topological polar surface area (TPSA) is 68.0 Å². The van der Waals surface area contributed by atoms with Crippen molar-refractivity contribution < 1.29 is 4.79 Å². The van der Waals surface area contributed by atoms with Crippen LogP contribution in [-0.2, 0) is 0 Å². The zero-order valence-corrected chi connectivity index (χ0v) is 12.9. The second-order valence-electron chi connectivity index (χ2n) is 5.77. The lowest BCUT2D eigenvalue weighted by Gasteiger charge is -2.07. The zero-order valence-electron chi connectivity index (χ0n) is 12.9. The van der Waals surface area contributed by atoms with E-state index in [2.05, 4.69) is 24.1 Å². The first-order chi connectivity index (χ1) is 9.49. The lowest BCUT2D eigenvalue weighted by Crippen LogP contribution is -2.24. The third-order valence-electron chi connectivity index (χ3n) is 3.23. The number of unbranched alkanes of at least 4 members (excludes halogenated alkanes) is 3. The number of pyridine rings is 1. The number of nitrogens with zero attached hydrogens (tertiary/aromatic N) is 1. The molecule has 4 heteroatoms. The van der Waals surface area contributed by atoms with Gasteiger partial charge in [0.05, 0.1) is 0 Å². The van der Waals surface area contributed by atoms with E-state index >= 15 is 0 Å². The van der Waals surface area contributed by atoms with Crippen molar-refractivity contribution in [1.82, 2.24) is 10.3 Å². The maximum atomic E-state index is 11.9. The molecule has 0 aromatic carbocycles. The molecule has 0 aliphatic rings. The Labute approximate surface area is 122 Å². The van der Waals surface area contributed by atoms with Crippen LogP contribution in [0.15, 0.2) is 12.1 Å². The van der Waals surface area contributed by atoms with Gasteiger partial charge >= 0.3 is 0 Å². The molecule has 1 aromatic rings. The molecule has 0 fully saturated rings. The molecule has 4 nitrogen and oxygen atoms in total. The average Bonchev–Trinajstić information content (AvgIpc) is 2.35. The van der Waals surface area contributed by atoms with Crippen molar-refractivity contribution in [3.8, 4) is 0 Å². The van der Waals surface area contributed by atoms with Crippen LogP contribution in [0, 0.1) is 12.8 Å². The number of carbonyl (C=O) groups excluding carboxylic acids is 1. The second-order valence-corrected chi connectivity index (χ2v) is 5.77. The van der Waals surface area contributed by atoms with E-state index in [1.54, 1.807) is 12.1 Å². The molecule has 1 rings (SSSR count). The highest BCUT2D eigenvalue weighted by molar-refractivity contribution is 5.94. The molecule has 0 atom stereocenters. The Kier molecular flexibility index (Phi) is 7.05. The van der Waals surface area contributed by atoms with E-state index in [1.165, 1.54) is 25.7 Å². The van der Waals surface area contributed by atoms with E-state index in [1.807, 2.05) is 6.92 Å². The maximum absolute atomic E-state index is 11.9. The molecule has 3 N–H and O–H groups in total. The van der Waals surface area contributed by atoms with Crippen molar-refractivity contribution in [2.45, 2.75) is 52.9 Å². The number of hydrogen-bond acceptors (Lipinski definition) is 3.